The number of fused-ring (bicyclic) bond motifs is 4. The van der Waals surface area contributed by atoms with E-state index in [9.17, 15) is 0 Å². The predicted octanol–water partition coefficient (Wildman–Crippen LogP) is 11.8. The zero-order valence-corrected chi connectivity index (χ0v) is 25.1. The third-order valence-corrected chi connectivity index (χ3v) is 9.18. The number of nitrogens with zero attached hydrogens (tertiary/aromatic N) is 2. The summed E-state index contributed by atoms with van der Waals surface area (Å²) in [5.74, 6) is 0. The summed E-state index contributed by atoms with van der Waals surface area (Å²) in [6.45, 7) is 0. The SMILES string of the molecule is c1cncc(-c2cc(-c3c4ccccc4c(-c4ccc(-c5nccc6ccccc56)cc4)c4ccccc34)c3ccccc3c2)c1. The molecule has 0 spiro atoms. The first-order valence-corrected chi connectivity index (χ1v) is 15.6. The molecule has 0 atom stereocenters. The fraction of sp³-hybridized carbons (Fsp3) is 0. The van der Waals surface area contributed by atoms with E-state index in [-0.39, 0.29) is 0 Å². The van der Waals surface area contributed by atoms with E-state index >= 15 is 0 Å². The maximum Gasteiger partial charge on any atom is 0.0780 e. The summed E-state index contributed by atoms with van der Waals surface area (Å²) in [6.07, 6.45) is 5.68. The average Bonchev–Trinajstić information content (AvgIpc) is 3.13. The topological polar surface area (TPSA) is 25.8 Å². The summed E-state index contributed by atoms with van der Waals surface area (Å²) in [5, 5.41) is 9.78. The van der Waals surface area contributed by atoms with Gasteiger partial charge in [0.05, 0.1) is 5.69 Å². The van der Waals surface area contributed by atoms with Crippen LogP contribution in [0.2, 0.25) is 0 Å². The first-order chi connectivity index (χ1) is 22.8. The van der Waals surface area contributed by atoms with E-state index < -0.39 is 0 Å². The molecule has 9 aromatic rings. The van der Waals surface area contributed by atoms with Gasteiger partial charge in [-0.2, -0.15) is 0 Å². The van der Waals surface area contributed by atoms with Crippen molar-refractivity contribution in [2.75, 3.05) is 0 Å². The molecule has 0 amide bonds. The van der Waals surface area contributed by atoms with Crippen molar-refractivity contribution < 1.29 is 0 Å². The maximum atomic E-state index is 4.77. The maximum absolute atomic E-state index is 4.77. The minimum atomic E-state index is 1.01. The number of pyridine rings is 2. The molecule has 0 fully saturated rings. The Balaban J connectivity index is 1.30. The van der Waals surface area contributed by atoms with Gasteiger partial charge < -0.3 is 0 Å². The first-order valence-electron chi connectivity index (χ1n) is 15.6. The Kier molecular flexibility index (Phi) is 6.17. The van der Waals surface area contributed by atoms with Gasteiger partial charge in [0, 0.05) is 35.1 Å². The molecule has 9 rings (SSSR count). The van der Waals surface area contributed by atoms with Crippen LogP contribution in [0.3, 0.4) is 0 Å². The van der Waals surface area contributed by atoms with Crippen LogP contribution in [0, 0.1) is 0 Å². The van der Waals surface area contributed by atoms with Crippen LogP contribution in [-0.4, -0.2) is 9.97 Å². The van der Waals surface area contributed by atoms with E-state index in [4.69, 9.17) is 4.98 Å². The Morgan fingerprint density at radius 3 is 1.61 bits per heavy atom. The van der Waals surface area contributed by atoms with Gasteiger partial charge >= 0.3 is 0 Å². The third-order valence-electron chi connectivity index (χ3n) is 9.18. The highest BCUT2D eigenvalue weighted by molar-refractivity contribution is 6.23. The lowest BCUT2D eigenvalue weighted by molar-refractivity contribution is 1.33. The lowest BCUT2D eigenvalue weighted by Crippen LogP contribution is -1.93. The molecule has 2 heterocycles. The van der Waals surface area contributed by atoms with Crippen molar-refractivity contribution in [2.24, 2.45) is 0 Å². The summed E-state index contributed by atoms with van der Waals surface area (Å²) < 4.78 is 0. The number of benzene rings is 7. The van der Waals surface area contributed by atoms with Crippen LogP contribution in [0.25, 0.3) is 87.7 Å². The van der Waals surface area contributed by atoms with Crippen LogP contribution in [0.15, 0.2) is 170 Å². The first kappa shape index (κ1) is 26.3. The number of rotatable bonds is 4. The van der Waals surface area contributed by atoms with Crippen molar-refractivity contribution >= 4 is 43.1 Å². The van der Waals surface area contributed by atoms with Crippen molar-refractivity contribution in [1.82, 2.24) is 9.97 Å². The van der Waals surface area contributed by atoms with Crippen LogP contribution in [-0.2, 0) is 0 Å². The fourth-order valence-electron chi connectivity index (χ4n) is 7.09. The fourth-order valence-corrected chi connectivity index (χ4v) is 7.09. The lowest BCUT2D eigenvalue weighted by atomic mass is 9.83. The zero-order valence-electron chi connectivity index (χ0n) is 25.1. The van der Waals surface area contributed by atoms with Gasteiger partial charge in [-0.1, -0.05) is 127 Å². The molecule has 0 bridgehead atoms. The Morgan fingerprint density at radius 1 is 0.348 bits per heavy atom. The molecule has 0 saturated heterocycles. The van der Waals surface area contributed by atoms with E-state index in [2.05, 4.69) is 151 Å². The molecular formula is C44H28N2. The van der Waals surface area contributed by atoms with Gasteiger partial charge in [-0.3, -0.25) is 9.97 Å². The second-order valence-corrected chi connectivity index (χ2v) is 11.8. The minimum Gasteiger partial charge on any atom is -0.264 e. The summed E-state index contributed by atoms with van der Waals surface area (Å²) in [4.78, 5) is 9.20. The van der Waals surface area contributed by atoms with Crippen molar-refractivity contribution in [3.8, 4) is 44.6 Å². The quantitative estimate of drug-likeness (QED) is 0.192. The summed E-state index contributed by atoms with van der Waals surface area (Å²) in [6, 6.07) is 54.7. The van der Waals surface area contributed by atoms with E-state index in [0.717, 1.165) is 22.4 Å². The smallest absolute Gasteiger partial charge is 0.0780 e. The van der Waals surface area contributed by atoms with Gasteiger partial charge in [0.1, 0.15) is 0 Å². The Morgan fingerprint density at radius 2 is 0.935 bits per heavy atom. The molecule has 2 aromatic heterocycles. The number of aromatic nitrogens is 2. The molecule has 0 aliphatic rings. The molecule has 2 heteroatoms. The monoisotopic (exact) mass is 584 g/mol. The van der Waals surface area contributed by atoms with Crippen molar-refractivity contribution in [3.63, 3.8) is 0 Å². The molecule has 0 radical (unpaired) electrons. The predicted molar refractivity (Wildman–Crippen MR) is 194 cm³/mol. The standard InChI is InChI=1S/C44H28N2/c1-4-14-36-29(10-1)23-25-46-44(36)31-21-19-30(20-22-31)42-37-15-5-7-17-39(37)43(40-18-8-6-16-38(40)42)41-27-34(33-12-9-24-45-28-33)26-32-11-2-3-13-35(32)41/h1-28H. The van der Waals surface area contributed by atoms with Crippen LogP contribution in [0.4, 0.5) is 0 Å². The zero-order chi connectivity index (χ0) is 30.5. The minimum absolute atomic E-state index is 1.01. The highest BCUT2D eigenvalue weighted by Crippen LogP contribution is 2.46. The van der Waals surface area contributed by atoms with E-state index in [1.165, 1.54) is 65.3 Å². The van der Waals surface area contributed by atoms with Gasteiger partial charge in [0.15, 0.2) is 0 Å². The van der Waals surface area contributed by atoms with E-state index in [1.54, 1.807) is 0 Å². The largest absolute Gasteiger partial charge is 0.264 e. The van der Waals surface area contributed by atoms with Crippen LogP contribution >= 0.6 is 0 Å². The molecule has 0 aliphatic heterocycles. The molecule has 46 heavy (non-hydrogen) atoms. The van der Waals surface area contributed by atoms with Crippen LogP contribution in [0.5, 0.6) is 0 Å². The second-order valence-electron chi connectivity index (χ2n) is 11.8. The van der Waals surface area contributed by atoms with Crippen molar-refractivity contribution in [2.45, 2.75) is 0 Å². The van der Waals surface area contributed by atoms with Crippen LogP contribution < -0.4 is 0 Å². The van der Waals surface area contributed by atoms with Gasteiger partial charge in [0.2, 0.25) is 0 Å². The highest BCUT2D eigenvalue weighted by atomic mass is 14.7. The molecule has 7 aromatic carbocycles. The number of hydrogen-bond donors (Lipinski definition) is 0. The van der Waals surface area contributed by atoms with Gasteiger partial charge in [-0.05, 0) is 89.8 Å². The Labute approximate surface area is 267 Å². The van der Waals surface area contributed by atoms with Crippen molar-refractivity contribution in [1.29, 1.82) is 0 Å². The highest BCUT2D eigenvalue weighted by Gasteiger charge is 2.19. The molecule has 0 N–H and O–H groups in total. The van der Waals surface area contributed by atoms with Gasteiger partial charge in [-0.25, -0.2) is 0 Å². The van der Waals surface area contributed by atoms with E-state index in [1.807, 2.05) is 24.7 Å². The summed E-state index contributed by atoms with van der Waals surface area (Å²) in [5.41, 5.74) is 9.33. The third kappa shape index (κ3) is 4.27. The van der Waals surface area contributed by atoms with Gasteiger partial charge in [0.25, 0.3) is 0 Å². The number of hydrogen-bond acceptors (Lipinski definition) is 2. The second kappa shape index (κ2) is 10.8. The molecule has 214 valence electrons. The normalized spacial score (nSPS) is 11.5. The lowest BCUT2D eigenvalue weighted by Gasteiger charge is -2.20. The summed E-state index contributed by atoms with van der Waals surface area (Å²) in [7, 11) is 0. The molecule has 0 saturated carbocycles. The van der Waals surface area contributed by atoms with Gasteiger partial charge in [-0.15, -0.1) is 0 Å². The Bertz CT molecular complexity index is 2500. The van der Waals surface area contributed by atoms with Crippen molar-refractivity contribution in [3.05, 3.63) is 170 Å². The molecular weight excluding hydrogens is 556 g/mol. The van der Waals surface area contributed by atoms with E-state index in [0.29, 0.717) is 0 Å². The molecule has 0 unspecified atom stereocenters. The Hall–Kier alpha value is -6.12. The molecule has 0 aliphatic carbocycles. The molecule has 2 nitrogen and oxygen atoms in total. The van der Waals surface area contributed by atoms with Crippen LogP contribution in [0.1, 0.15) is 0 Å². The summed E-state index contributed by atoms with van der Waals surface area (Å²) >= 11 is 0. The average molecular weight is 585 g/mol.